The number of carbonyl (C=O) groups excluding carboxylic acids is 1. The Labute approximate surface area is 150 Å². The molecule has 0 saturated carbocycles. The molecule has 1 saturated heterocycles. The van der Waals surface area contributed by atoms with E-state index in [0.29, 0.717) is 18.8 Å². The van der Waals surface area contributed by atoms with Gasteiger partial charge in [-0.3, -0.25) is 4.79 Å². The van der Waals surface area contributed by atoms with Gasteiger partial charge in [-0.05, 0) is 42.5 Å². The van der Waals surface area contributed by atoms with E-state index in [0.717, 1.165) is 17.7 Å². The van der Waals surface area contributed by atoms with Gasteiger partial charge in [-0.15, -0.1) is 11.3 Å². The van der Waals surface area contributed by atoms with Crippen molar-refractivity contribution in [3.63, 3.8) is 0 Å². The second kappa shape index (κ2) is 7.23. The first-order chi connectivity index (χ1) is 11.5. The number of benzene rings is 1. The van der Waals surface area contributed by atoms with Crippen LogP contribution in [-0.2, 0) is 21.2 Å². The van der Waals surface area contributed by atoms with Crippen molar-refractivity contribution in [2.45, 2.75) is 24.2 Å². The molecule has 0 bridgehead atoms. The Balaban J connectivity index is 1.79. The average Bonchev–Trinajstić information content (AvgIpc) is 3.22. The molecule has 0 aliphatic carbocycles. The van der Waals surface area contributed by atoms with Crippen LogP contribution in [0.3, 0.4) is 0 Å². The standard InChI is InChI=1S/C16H17ClN2O3S2/c17-14-6-5-12(18-16(20)11-13-4-3-9-23-13)10-15(14)24(21,22)19-7-1-2-8-19/h3-6,9-10H,1-2,7-8,11H2,(H,18,20). The van der Waals surface area contributed by atoms with Crippen LogP contribution in [0.15, 0.2) is 40.6 Å². The lowest BCUT2D eigenvalue weighted by Gasteiger charge is -2.17. The topological polar surface area (TPSA) is 66.5 Å². The van der Waals surface area contributed by atoms with E-state index >= 15 is 0 Å². The number of nitrogens with zero attached hydrogens (tertiary/aromatic N) is 1. The fraction of sp³-hybridized carbons (Fsp3) is 0.312. The van der Waals surface area contributed by atoms with Gasteiger partial charge in [0.05, 0.1) is 11.4 Å². The van der Waals surface area contributed by atoms with Crippen LogP contribution in [0.5, 0.6) is 0 Å². The molecule has 128 valence electrons. The second-order valence-electron chi connectivity index (χ2n) is 5.56. The van der Waals surface area contributed by atoms with Crippen molar-refractivity contribution in [1.29, 1.82) is 0 Å². The first kappa shape index (κ1) is 17.4. The third-order valence-electron chi connectivity index (χ3n) is 3.81. The summed E-state index contributed by atoms with van der Waals surface area (Å²) in [4.78, 5) is 13.1. The molecule has 0 radical (unpaired) electrons. The molecule has 0 spiro atoms. The van der Waals surface area contributed by atoms with Crippen LogP contribution in [0.2, 0.25) is 5.02 Å². The van der Waals surface area contributed by atoms with E-state index in [4.69, 9.17) is 11.6 Å². The highest BCUT2D eigenvalue weighted by Crippen LogP contribution is 2.29. The number of rotatable bonds is 5. The van der Waals surface area contributed by atoms with Gasteiger partial charge in [0.25, 0.3) is 0 Å². The second-order valence-corrected chi connectivity index (χ2v) is 8.91. The highest BCUT2D eigenvalue weighted by atomic mass is 35.5. The number of hydrogen-bond acceptors (Lipinski definition) is 4. The summed E-state index contributed by atoms with van der Waals surface area (Å²) < 4.78 is 26.8. The van der Waals surface area contributed by atoms with Crippen molar-refractivity contribution in [2.24, 2.45) is 0 Å². The maximum Gasteiger partial charge on any atom is 0.244 e. The van der Waals surface area contributed by atoms with E-state index in [1.54, 1.807) is 6.07 Å². The Morgan fingerprint density at radius 2 is 2.00 bits per heavy atom. The summed E-state index contributed by atoms with van der Waals surface area (Å²) in [7, 11) is -3.63. The molecule has 1 fully saturated rings. The fourth-order valence-corrected chi connectivity index (χ4v) is 5.34. The predicted octanol–water partition coefficient (Wildman–Crippen LogP) is 3.37. The number of halogens is 1. The van der Waals surface area contributed by atoms with E-state index in [-0.39, 0.29) is 22.2 Å². The number of sulfonamides is 1. The Kier molecular flexibility index (Phi) is 5.24. The Morgan fingerprint density at radius 3 is 2.67 bits per heavy atom. The summed E-state index contributed by atoms with van der Waals surface area (Å²) in [6.07, 6.45) is 1.97. The minimum atomic E-state index is -3.63. The largest absolute Gasteiger partial charge is 0.326 e. The molecule has 1 aliphatic heterocycles. The molecule has 1 aliphatic rings. The van der Waals surface area contributed by atoms with Gasteiger partial charge >= 0.3 is 0 Å². The van der Waals surface area contributed by atoms with Crippen LogP contribution >= 0.6 is 22.9 Å². The first-order valence-electron chi connectivity index (χ1n) is 7.59. The van der Waals surface area contributed by atoms with E-state index in [1.807, 2.05) is 17.5 Å². The molecule has 0 unspecified atom stereocenters. The van der Waals surface area contributed by atoms with Gasteiger partial charge in [0, 0.05) is 23.7 Å². The maximum atomic E-state index is 12.7. The van der Waals surface area contributed by atoms with Gasteiger partial charge in [0.15, 0.2) is 0 Å². The summed E-state index contributed by atoms with van der Waals surface area (Å²) in [6.45, 7) is 1.02. The number of amides is 1. The van der Waals surface area contributed by atoms with Crippen LogP contribution < -0.4 is 5.32 Å². The zero-order valence-electron chi connectivity index (χ0n) is 12.9. The Morgan fingerprint density at radius 1 is 1.25 bits per heavy atom. The van der Waals surface area contributed by atoms with Crippen LogP contribution in [0.1, 0.15) is 17.7 Å². The molecule has 1 N–H and O–H groups in total. The summed E-state index contributed by atoms with van der Waals surface area (Å²) in [5.74, 6) is -0.190. The molecule has 3 rings (SSSR count). The third kappa shape index (κ3) is 3.80. The van der Waals surface area contributed by atoms with Gasteiger partial charge in [-0.25, -0.2) is 8.42 Å². The van der Waals surface area contributed by atoms with Gasteiger partial charge in [-0.1, -0.05) is 17.7 Å². The normalized spacial score (nSPS) is 15.5. The number of nitrogens with one attached hydrogen (secondary N) is 1. The van der Waals surface area contributed by atoms with Gasteiger partial charge in [-0.2, -0.15) is 4.31 Å². The van der Waals surface area contributed by atoms with E-state index in [1.165, 1.54) is 27.8 Å². The molecule has 24 heavy (non-hydrogen) atoms. The van der Waals surface area contributed by atoms with Crippen LogP contribution in [0, 0.1) is 0 Å². The first-order valence-corrected chi connectivity index (χ1v) is 10.3. The summed E-state index contributed by atoms with van der Waals surface area (Å²) in [6, 6.07) is 8.32. The van der Waals surface area contributed by atoms with E-state index in [9.17, 15) is 13.2 Å². The molecule has 0 atom stereocenters. The van der Waals surface area contributed by atoms with Crippen molar-refractivity contribution in [3.8, 4) is 0 Å². The average molecular weight is 385 g/mol. The Bertz CT molecular complexity index is 829. The highest BCUT2D eigenvalue weighted by Gasteiger charge is 2.29. The van der Waals surface area contributed by atoms with E-state index < -0.39 is 10.0 Å². The number of anilines is 1. The lowest BCUT2D eigenvalue weighted by atomic mass is 10.3. The van der Waals surface area contributed by atoms with Crippen LogP contribution in [0.4, 0.5) is 5.69 Å². The van der Waals surface area contributed by atoms with Crippen molar-refractivity contribution in [1.82, 2.24) is 4.31 Å². The summed E-state index contributed by atoms with van der Waals surface area (Å²) in [5, 5.41) is 4.81. The van der Waals surface area contributed by atoms with Gasteiger partial charge in [0.1, 0.15) is 4.90 Å². The van der Waals surface area contributed by atoms with Crippen molar-refractivity contribution in [2.75, 3.05) is 18.4 Å². The lowest BCUT2D eigenvalue weighted by Crippen LogP contribution is -2.28. The molecule has 8 heteroatoms. The maximum absolute atomic E-state index is 12.7. The summed E-state index contributed by atoms with van der Waals surface area (Å²) >= 11 is 7.60. The Hall–Kier alpha value is -1.41. The SMILES string of the molecule is O=C(Cc1cccs1)Nc1ccc(Cl)c(S(=O)(=O)N2CCCC2)c1. The van der Waals surface area contributed by atoms with Crippen molar-refractivity contribution in [3.05, 3.63) is 45.6 Å². The fourth-order valence-electron chi connectivity index (χ4n) is 2.62. The minimum Gasteiger partial charge on any atom is -0.326 e. The van der Waals surface area contributed by atoms with Gasteiger partial charge < -0.3 is 5.32 Å². The quantitative estimate of drug-likeness (QED) is 0.859. The molecule has 1 aromatic carbocycles. The molecule has 2 aromatic rings. The number of hydrogen-bond donors (Lipinski definition) is 1. The molecular formula is C16H17ClN2O3S2. The predicted molar refractivity (Wildman–Crippen MR) is 96.1 cm³/mol. The number of carbonyl (C=O) groups is 1. The zero-order chi connectivity index (χ0) is 17.2. The molecule has 5 nitrogen and oxygen atoms in total. The molecule has 1 amide bonds. The number of thiophene rings is 1. The van der Waals surface area contributed by atoms with Crippen molar-refractivity contribution < 1.29 is 13.2 Å². The molecule has 2 heterocycles. The molecule has 1 aromatic heterocycles. The lowest BCUT2D eigenvalue weighted by molar-refractivity contribution is -0.115. The zero-order valence-corrected chi connectivity index (χ0v) is 15.3. The highest BCUT2D eigenvalue weighted by molar-refractivity contribution is 7.89. The molecular weight excluding hydrogens is 368 g/mol. The minimum absolute atomic E-state index is 0.0417. The van der Waals surface area contributed by atoms with E-state index in [2.05, 4.69) is 5.32 Å². The smallest absolute Gasteiger partial charge is 0.244 e. The summed E-state index contributed by atoms with van der Waals surface area (Å²) in [5.41, 5.74) is 0.429. The van der Waals surface area contributed by atoms with Crippen LogP contribution in [-0.4, -0.2) is 31.7 Å². The van der Waals surface area contributed by atoms with Crippen molar-refractivity contribution >= 4 is 44.6 Å². The van der Waals surface area contributed by atoms with Gasteiger partial charge in [0.2, 0.25) is 15.9 Å². The van der Waals surface area contributed by atoms with Crippen LogP contribution in [0.25, 0.3) is 0 Å². The monoisotopic (exact) mass is 384 g/mol. The third-order valence-corrected chi connectivity index (χ3v) is 7.07.